The van der Waals surface area contributed by atoms with Gasteiger partial charge in [0.25, 0.3) is 5.91 Å². The van der Waals surface area contributed by atoms with Crippen molar-refractivity contribution >= 4 is 35.8 Å². The van der Waals surface area contributed by atoms with Gasteiger partial charge in [0.2, 0.25) is 0 Å². The highest BCUT2D eigenvalue weighted by Crippen LogP contribution is 2.25. The van der Waals surface area contributed by atoms with Crippen molar-refractivity contribution in [1.29, 1.82) is 0 Å². The largest absolute Gasteiger partial charge is 0.508 e. The Morgan fingerprint density at radius 3 is 2.81 bits per heavy atom. The Morgan fingerprint density at radius 2 is 2.00 bits per heavy atom. The molecule has 0 bridgehead atoms. The Labute approximate surface area is 200 Å². The summed E-state index contributed by atoms with van der Waals surface area (Å²) in [7, 11) is 0. The Balaban J connectivity index is 0.00000341. The lowest BCUT2D eigenvalue weighted by molar-refractivity contribution is 0.0953. The molecular weight excluding hydrogens is 507 g/mol. The molecule has 31 heavy (non-hydrogen) atoms. The zero-order valence-corrected chi connectivity index (χ0v) is 20.1. The van der Waals surface area contributed by atoms with Crippen LogP contribution in [0.25, 0.3) is 0 Å². The number of fused-ring (bicyclic) bond motifs is 1. The third-order valence-electron chi connectivity index (χ3n) is 4.80. The van der Waals surface area contributed by atoms with E-state index in [0.29, 0.717) is 18.7 Å². The minimum atomic E-state index is -0.195. The zero-order valence-electron chi connectivity index (χ0n) is 17.8. The van der Waals surface area contributed by atoms with Gasteiger partial charge in [-0.15, -0.1) is 24.0 Å². The molecule has 8 heteroatoms. The standard InChI is InChI=1S/C23H30N4O3.HI/c1-2-24-23(27-13-9-17-7-8-21-18(15-17)10-14-30-21)26-12-4-11-25-22(29)19-5-3-6-20(28)16-19;/h3,5-8,15-16,28H,2,4,9-14H2,1H3,(H,25,29)(H2,24,26,27);1H. The third kappa shape index (κ3) is 7.93. The quantitative estimate of drug-likeness (QED) is 0.171. The summed E-state index contributed by atoms with van der Waals surface area (Å²) in [4.78, 5) is 16.6. The number of aromatic hydroxyl groups is 1. The van der Waals surface area contributed by atoms with E-state index in [2.05, 4.69) is 39.1 Å². The van der Waals surface area contributed by atoms with E-state index in [1.807, 2.05) is 6.92 Å². The lowest BCUT2D eigenvalue weighted by Crippen LogP contribution is -2.38. The summed E-state index contributed by atoms with van der Waals surface area (Å²) >= 11 is 0. The van der Waals surface area contributed by atoms with Crippen LogP contribution in [0.2, 0.25) is 0 Å². The number of amides is 1. The van der Waals surface area contributed by atoms with Crippen molar-refractivity contribution in [3.63, 3.8) is 0 Å². The molecule has 0 unspecified atom stereocenters. The topological polar surface area (TPSA) is 95.0 Å². The Kier molecular flexibility index (Phi) is 10.4. The molecule has 0 aromatic heterocycles. The van der Waals surface area contributed by atoms with E-state index in [9.17, 15) is 9.90 Å². The molecule has 4 N–H and O–H groups in total. The van der Waals surface area contributed by atoms with Gasteiger partial charge in [-0.1, -0.05) is 18.2 Å². The number of hydrogen-bond acceptors (Lipinski definition) is 4. The second-order valence-electron chi connectivity index (χ2n) is 7.14. The molecule has 1 heterocycles. The monoisotopic (exact) mass is 538 g/mol. The summed E-state index contributed by atoms with van der Waals surface area (Å²) in [6.45, 7) is 5.52. The summed E-state index contributed by atoms with van der Waals surface area (Å²) in [5, 5.41) is 18.9. The summed E-state index contributed by atoms with van der Waals surface area (Å²) in [6.07, 6.45) is 2.63. The molecule has 3 rings (SSSR count). The van der Waals surface area contributed by atoms with Crippen LogP contribution < -0.4 is 20.7 Å². The normalized spacial score (nSPS) is 12.4. The first-order chi connectivity index (χ1) is 14.7. The minimum Gasteiger partial charge on any atom is -0.508 e. The average Bonchev–Trinajstić information content (AvgIpc) is 3.21. The molecule has 168 valence electrons. The van der Waals surface area contributed by atoms with Crippen LogP contribution in [0.3, 0.4) is 0 Å². The SMILES string of the molecule is CCNC(=NCCCNC(=O)c1cccc(O)c1)NCCc1ccc2c(c1)CCO2.I. The number of phenolic OH excluding ortho intramolecular Hbond substituents is 1. The molecule has 0 aliphatic carbocycles. The van der Waals surface area contributed by atoms with Crippen LogP contribution in [-0.4, -0.2) is 49.8 Å². The van der Waals surface area contributed by atoms with Crippen LogP contribution in [0.4, 0.5) is 0 Å². The van der Waals surface area contributed by atoms with Crippen LogP contribution >= 0.6 is 24.0 Å². The van der Waals surface area contributed by atoms with Gasteiger partial charge in [0.15, 0.2) is 5.96 Å². The van der Waals surface area contributed by atoms with E-state index in [1.165, 1.54) is 17.2 Å². The molecule has 2 aromatic rings. The predicted molar refractivity (Wildman–Crippen MR) is 134 cm³/mol. The van der Waals surface area contributed by atoms with E-state index in [-0.39, 0.29) is 35.6 Å². The van der Waals surface area contributed by atoms with Crippen LogP contribution in [0.1, 0.15) is 34.8 Å². The Morgan fingerprint density at radius 1 is 1.13 bits per heavy atom. The van der Waals surface area contributed by atoms with Crippen LogP contribution in [0.15, 0.2) is 47.5 Å². The maximum atomic E-state index is 12.1. The molecule has 7 nitrogen and oxygen atoms in total. The first-order valence-corrected chi connectivity index (χ1v) is 10.5. The van der Waals surface area contributed by atoms with E-state index < -0.39 is 0 Å². The fourth-order valence-electron chi connectivity index (χ4n) is 3.28. The fraction of sp³-hybridized carbons (Fsp3) is 0.391. The molecule has 1 amide bonds. The average molecular weight is 538 g/mol. The lowest BCUT2D eigenvalue weighted by Gasteiger charge is -2.12. The maximum Gasteiger partial charge on any atom is 0.251 e. The summed E-state index contributed by atoms with van der Waals surface area (Å²) in [5.74, 6) is 1.68. The highest BCUT2D eigenvalue weighted by atomic mass is 127. The van der Waals surface area contributed by atoms with Crippen LogP contribution in [0, 0.1) is 0 Å². The zero-order chi connectivity index (χ0) is 21.2. The van der Waals surface area contributed by atoms with Crippen molar-refractivity contribution < 1.29 is 14.6 Å². The van der Waals surface area contributed by atoms with Gasteiger partial charge in [-0.2, -0.15) is 0 Å². The van der Waals surface area contributed by atoms with Gasteiger partial charge in [-0.05, 0) is 55.2 Å². The number of rotatable bonds is 9. The van der Waals surface area contributed by atoms with E-state index in [1.54, 1.807) is 18.2 Å². The number of benzene rings is 2. The van der Waals surface area contributed by atoms with Gasteiger partial charge in [-0.25, -0.2) is 0 Å². The van der Waals surface area contributed by atoms with E-state index in [0.717, 1.165) is 50.7 Å². The van der Waals surface area contributed by atoms with Crippen molar-refractivity contribution in [3.05, 3.63) is 59.2 Å². The number of nitrogens with zero attached hydrogens (tertiary/aromatic N) is 1. The van der Waals surface area contributed by atoms with Gasteiger partial charge in [-0.3, -0.25) is 9.79 Å². The number of aliphatic imine (C=N–C) groups is 1. The molecule has 0 spiro atoms. The molecule has 1 aliphatic heterocycles. The number of nitrogens with one attached hydrogen (secondary N) is 3. The number of carbonyl (C=O) groups excluding carboxylic acids is 1. The lowest BCUT2D eigenvalue weighted by atomic mass is 10.1. The van der Waals surface area contributed by atoms with Gasteiger partial charge in [0.05, 0.1) is 6.61 Å². The van der Waals surface area contributed by atoms with Crippen molar-refractivity contribution in [2.45, 2.75) is 26.2 Å². The summed E-state index contributed by atoms with van der Waals surface area (Å²) in [6, 6.07) is 12.7. The number of guanidine groups is 1. The number of phenols is 1. The number of hydrogen-bond donors (Lipinski definition) is 4. The molecule has 0 radical (unpaired) electrons. The van der Waals surface area contributed by atoms with Crippen molar-refractivity contribution in [1.82, 2.24) is 16.0 Å². The first kappa shape index (κ1) is 24.8. The predicted octanol–water partition coefficient (Wildman–Crippen LogP) is 2.86. The van der Waals surface area contributed by atoms with Crippen molar-refractivity contribution in [2.24, 2.45) is 4.99 Å². The van der Waals surface area contributed by atoms with Gasteiger partial charge in [0, 0.05) is 38.2 Å². The smallest absolute Gasteiger partial charge is 0.251 e. The van der Waals surface area contributed by atoms with Crippen molar-refractivity contribution in [3.8, 4) is 11.5 Å². The minimum absolute atomic E-state index is 0. The molecule has 0 saturated heterocycles. The molecule has 2 aromatic carbocycles. The number of ether oxygens (including phenoxy) is 1. The Hall–Kier alpha value is -2.49. The first-order valence-electron chi connectivity index (χ1n) is 10.5. The highest BCUT2D eigenvalue weighted by Gasteiger charge is 2.11. The fourth-order valence-corrected chi connectivity index (χ4v) is 3.28. The second kappa shape index (κ2) is 13.0. The number of carbonyl (C=O) groups is 1. The number of halogens is 1. The second-order valence-corrected chi connectivity index (χ2v) is 7.14. The molecule has 1 aliphatic rings. The van der Waals surface area contributed by atoms with Gasteiger partial charge < -0.3 is 25.8 Å². The van der Waals surface area contributed by atoms with E-state index >= 15 is 0 Å². The molecule has 0 fully saturated rings. The summed E-state index contributed by atoms with van der Waals surface area (Å²) < 4.78 is 5.56. The summed E-state index contributed by atoms with van der Waals surface area (Å²) in [5.41, 5.74) is 3.03. The maximum absolute atomic E-state index is 12.1. The van der Waals surface area contributed by atoms with E-state index in [4.69, 9.17) is 4.74 Å². The molecule has 0 saturated carbocycles. The Bertz CT molecular complexity index is 889. The molecule has 0 atom stereocenters. The van der Waals surface area contributed by atoms with Crippen LogP contribution in [0.5, 0.6) is 11.5 Å². The van der Waals surface area contributed by atoms with Gasteiger partial charge in [0.1, 0.15) is 11.5 Å². The molecular formula is C23H31IN4O3. The van der Waals surface area contributed by atoms with Crippen molar-refractivity contribution in [2.75, 3.05) is 32.8 Å². The van der Waals surface area contributed by atoms with Crippen LogP contribution in [-0.2, 0) is 12.8 Å². The van der Waals surface area contributed by atoms with Gasteiger partial charge >= 0.3 is 0 Å². The third-order valence-corrected chi connectivity index (χ3v) is 4.80. The highest BCUT2D eigenvalue weighted by molar-refractivity contribution is 14.0.